The Morgan fingerprint density at radius 1 is 1.18 bits per heavy atom. The lowest BCUT2D eigenvalue weighted by Gasteiger charge is -2.06. The summed E-state index contributed by atoms with van der Waals surface area (Å²) >= 11 is 0. The second-order valence-corrected chi connectivity index (χ2v) is 3.17. The number of benzene rings is 1. The van der Waals surface area contributed by atoms with Gasteiger partial charge < -0.3 is 4.74 Å². The highest BCUT2D eigenvalue weighted by molar-refractivity contribution is 5.35. The predicted molar refractivity (Wildman–Crippen MR) is 55.4 cm³/mol. The van der Waals surface area contributed by atoms with Crippen LogP contribution in [0.15, 0.2) is 36.5 Å². The van der Waals surface area contributed by atoms with Crippen molar-refractivity contribution in [1.29, 1.82) is 5.26 Å². The normalized spacial score (nSPS) is 9.71. The standard InChI is InChI=1S/C12H6F2N2O/c13-8-1-2-12(11(14)5-8)17-10-3-4-16-9(6-10)7-15/h1-6H. The van der Waals surface area contributed by atoms with Crippen LogP contribution in [0.4, 0.5) is 8.78 Å². The van der Waals surface area contributed by atoms with Crippen LogP contribution in [0, 0.1) is 23.0 Å². The SMILES string of the molecule is N#Cc1cc(Oc2ccc(F)cc2F)ccn1. The van der Waals surface area contributed by atoms with E-state index in [-0.39, 0.29) is 17.2 Å². The first-order valence-corrected chi connectivity index (χ1v) is 4.68. The molecule has 0 atom stereocenters. The Balaban J connectivity index is 2.28. The molecule has 0 radical (unpaired) electrons. The van der Waals surface area contributed by atoms with Crippen molar-refractivity contribution in [2.45, 2.75) is 0 Å². The maximum absolute atomic E-state index is 13.3. The fraction of sp³-hybridized carbons (Fsp3) is 0. The van der Waals surface area contributed by atoms with E-state index in [1.165, 1.54) is 24.4 Å². The van der Waals surface area contributed by atoms with Crippen LogP contribution in [-0.2, 0) is 0 Å². The van der Waals surface area contributed by atoms with Gasteiger partial charge in [-0.1, -0.05) is 0 Å². The van der Waals surface area contributed by atoms with Gasteiger partial charge in [0.05, 0.1) is 0 Å². The Kier molecular flexibility index (Phi) is 2.97. The summed E-state index contributed by atoms with van der Waals surface area (Å²) in [6, 6.07) is 7.66. The zero-order chi connectivity index (χ0) is 12.3. The van der Waals surface area contributed by atoms with E-state index in [2.05, 4.69) is 4.98 Å². The number of halogens is 2. The van der Waals surface area contributed by atoms with Crippen LogP contribution in [0.1, 0.15) is 5.69 Å². The van der Waals surface area contributed by atoms with Gasteiger partial charge in [-0.25, -0.2) is 13.8 Å². The minimum atomic E-state index is -0.805. The van der Waals surface area contributed by atoms with Crippen LogP contribution < -0.4 is 4.74 Å². The molecule has 0 aliphatic carbocycles. The zero-order valence-electron chi connectivity index (χ0n) is 8.52. The van der Waals surface area contributed by atoms with Gasteiger partial charge in [0.1, 0.15) is 23.3 Å². The van der Waals surface area contributed by atoms with Crippen molar-refractivity contribution >= 4 is 0 Å². The summed E-state index contributed by atoms with van der Waals surface area (Å²) in [5.74, 6) is -1.33. The molecule has 84 valence electrons. The highest BCUT2D eigenvalue weighted by Gasteiger charge is 2.06. The van der Waals surface area contributed by atoms with Crippen molar-refractivity contribution in [2.75, 3.05) is 0 Å². The van der Waals surface area contributed by atoms with Crippen molar-refractivity contribution in [2.24, 2.45) is 0 Å². The molecule has 0 spiro atoms. The molecule has 0 unspecified atom stereocenters. The summed E-state index contributed by atoms with van der Waals surface area (Å²) < 4.78 is 31.1. The maximum Gasteiger partial charge on any atom is 0.168 e. The van der Waals surface area contributed by atoms with Gasteiger partial charge in [-0.3, -0.25) is 0 Å². The summed E-state index contributed by atoms with van der Waals surface area (Å²) in [5.41, 5.74) is 0.157. The van der Waals surface area contributed by atoms with Crippen molar-refractivity contribution < 1.29 is 13.5 Å². The van der Waals surface area contributed by atoms with E-state index in [1.807, 2.05) is 6.07 Å². The van der Waals surface area contributed by atoms with E-state index in [1.54, 1.807) is 0 Å². The number of hydrogen-bond acceptors (Lipinski definition) is 3. The van der Waals surface area contributed by atoms with Gasteiger partial charge in [0, 0.05) is 18.3 Å². The smallest absolute Gasteiger partial charge is 0.168 e. The van der Waals surface area contributed by atoms with Crippen molar-refractivity contribution in [3.05, 3.63) is 53.9 Å². The van der Waals surface area contributed by atoms with Crippen LogP contribution in [0.3, 0.4) is 0 Å². The number of pyridine rings is 1. The van der Waals surface area contributed by atoms with Crippen LogP contribution in [0.5, 0.6) is 11.5 Å². The molecule has 0 amide bonds. The maximum atomic E-state index is 13.3. The minimum Gasteiger partial charge on any atom is -0.454 e. The zero-order valence-corrected chi connectivity index (χ0v) is 8.52. The van der Waals surface area contributed by atoms with Gasteiger partial charge >= 0.3 is 0 Å². The van der Waals surface area contributed by atoms with Crippen LogP contribution in [-0.4, -0.2) is 4.98 Å². The van der Waals surface area contributed by atoms with E-state index in [0.29, 0.717) is 0 Å². The molecule has 1 aromatic heterocycles. The third kappa shape index (κ3) is 2.55. The molecule has 0 saturated carbocycles. The molecule has 0 aliphatic rings. The molecule has 0 saturated heterocycles. The van der Waals surface area contributed by atoms with Crippen LogP contribution >= 0.6 is 0 Å². The van der Waals surface area contributed by atoms with Gasteiger partial charge in [-0.05, 0) is 18.2 Å². The number of nitriles is 1. The van der Waals surface area contributed by atoms with Gasteiger partial charge in [-0.2, -0.15) is 5.26 Å². The van der Waals surface area contributed by atoms with E-state index in [4.69, 9.17) is 10.00 Å². The van der Waals surface area contributed by atoms with Crippen LogP contribution in [0.25, 0.3) is 0 Å². The molecule has 0 bridgehead atoms. The monoisotopic (exact) mass is 232 g/mol. The molecule has 0 fully saturated rings. The highest BCUT2D eigenvalue weighted by atomic mass is 19.1. The average molecular weight is 232 g/mol. The molecule has 3 nitrogen and oxygen atoms in total. The Labute approximate surface area is 95.9 Å². The lowest BCUT2D eigenvalue weighted by molar-refractivity contribution is 0.437. The third-order valence-electron chi connectivity index (χ3n) is 1.97. The molecule has 5 heteroatoms. The number of nitrogens with zero attached hydrogens (tertiary/aromatic N) is 2. The number of hydrogen-bond donors (Lipinski definition) is 0. The Morgan fingerprint density at radius 2 is 2.00 bits per heavy atom. The van der Waals surface area contributed by atoms with Gasteiger partial charge in [0.15, 0.2) is 11.6 Å². The van der Waals surface area contributed by atoms with E-state index >= 15 is 0 Å². The van der Waals surface area contributed by atoms with E-state index in [9.17, 15) is 8.78 Å². The molecular weight excluding hydrogens is 226 g/mol. The van der Waals surface area contributed by atoms with Gasteiger partial charge in [0.2, 0.25) is 0 Å². The van der Waals surface area contributed by atoms with Crippen molar-refractivity contribution in [3.63, 3.8) is 0 Å². The molecule has 0 aliphatic heterocycles. The molecule has 2 aromatic rings. The van der Waals surface area contributed by atoms with Crippen molar-refractivity contribution in [1.82, 2.24) is 4.98 Å². The van der Waals surface area contributed by atoms with E-state index < -0.39 is 11.6 Å². The quantitative estimate of drug-likeness (QED) is 0.799. The first kappa shape index (κ1) is 11.0. The number of rotatable bonds is 2. The Bertz CT molecular complexity index is 593. The third-order valence-corrected chi connectivity index (χ3v) is 1.97. The summed E-state index contributed by atoms with van der Waals surface area (Å²) in [6.45, 7) is 0. The lowest BCUT2D eigenvalue weighted by atomic mass is 10.3. The summed E-state index contributed by atoms with van der Waals surface area (Å²) in [5, 5.41) is 8.63. The second kappa shape index (κ2) is 4.58. The van der Waals surface area contributed by atoms with Gasteiger partial charge in [0.25, 0.3) is 0 Å². The minimum absolute atomic E-state index is 0.110. The first-order chi connectivity index (χ1) is 8.19. The first-order valence-electron chi connectivity index (χ1n) is 4.68. The fourth-order valence-electron chi connectivity index (χ4n) is 1.22. The average Bonchev–Trinajstić information content (AvgIpc) is 2.33. The molecule has 1 heterocycles. The summed E-state index contributed by atoms with van der Waals surface area (Å²) in [7, 11) is 0. The fourth-order valence-corrected chi connectivity index (χ4v) is 1.22. The Hall–Kier alpha value is -2.48. The molecule has 1 aromatic carbocycles. The predicted octanol–water partition coefficient (Wildman–Crippen LogP) is 3.02. The Morgan fingerprint density at radius 3 is 2.71 bits per heavy atom. The second-order valence-electron chi connectivity index (χ2n) is 3.17. The lowest BCUT2D eigenvalue weighted by Crippen LogP contribution is -1.91. The largest absolute Gasteiger partial charge is 0.454 e. The van der Waals surface area contributed by atoms with E-state index in [0.717, 1.165) is 12.1 Å². The highest BCUT2D eigenvalue weighted by Crippen LogP contribution is 2.24. The van der Waals surface area contributed by atoms with Gasteiger partial charge in [-0.15, -0.1) is 0 Å². The topological polar surface area (TPSA) is 45.9 Å². The van der Waals surface area contributed by atoms with Crippen LogP contribution in [0.2, 0.25) is 0 Å². The van der Waals surface area contributed by atoms with Crippen molar-refractivity contribution in [3.8, 4) is 17.6 Å². The number of aromatic nitrogens is 1. The molecule has 2 rings (SSSR count). The summed E-state index contributed by atoms with van der Waals surface area (Å²) in [6.07, 6.45) is 1.37. The molecule has 17 heavy (non-hydrogen) atoms. The summed E-state index contributed by atoms with van der Waals surface area (Å²) in [4.78, 5) is 3.74. The molecular formula is C12H6F2N2O. The number of ether oxygens (including phenoxy) is 1. The molecule has 0 N–H and O–H groups in total.